The third kappa shape index (κ3) is 3.75. The van der Waals surface area contributed by atoms with Crippen LogP contribution >= 0.6 is 0 Å². The Hall–Kier alpha value is -4.06. The van der Waals surface area contributed by atoms with Crippen molar-refractivity contribution >= 4 is 29.1 Å². The van der Waals surface area contributed by atoms with Crippen molar-refractivity contribution in [3.8, 4) is 0 Å². The quantitative estimate of drug-likeness (QED) is 0.512. The van der Waals surface area contributed by atoms with Crippen LogP contribution in [0.2, 0.25) is 0 Å². The van der Waals surface area contributed by atoms with E-state index >= 15 is 0 Å². The van der Waals surface area contributed by atoms with Gasteiger partial charge in [0, 0.05) is 27.9 Å². The van der Waals surface area contributed by atoms with E-state index in [1.54, 1.807) is 55.5 Å². The van der Waals surface area contributed by atoms with Crippen molar-refractivity contribution in [2.45, 2.75) is 20.0 Å². The van der Waals surface area contributed by atoms with Gasteiger partial charge in [-0.2, -0.15) is 0 Å². The van der Waals surface area contributed by atoms with Crippen LogP contribution in [-0.4, -0.2) is 29.5 Å². The van der Waals surface area contributed by atoms with Crippen molar-refractivity contribution in [1.82, 2.24) is 0 Å². The smallest absolute Gasteiger partial charge is 0.339 e. The van der Waals surface area contributed by atoms with Crippen LogP contribution in [0.5, 0.6) is 0 Å². The molecule has 0 saturated heterocycles. The molecule has 1 atom stereocenters. The summed E-state index contributed by atoms with van der Waals surface area (Å²) < 4.78 is 5.28. The van der Waals surface area contributed by atoms with Crippen molar-refractivity contribution in [1.29, 1.82) is 0 Å². The minimum absolute atomic E-state index is 0.228. The molecule has 6 heteroatoms. The van der Waals surface area contributed by atoms with E-state index in [0.717, 1.165) is 5.56 Å². The number of fused-ring (bicyclic) bond motifs is 2. The second-order valence-corrected chi connectivity index (χ2v) is 7.32. The number of esters is 1. The molecule has 1 amide bonds. The Bertz CT molecular complexity index is 1240. The highest BCUT2D eigenvalue weighted by Crippen LogP contribution is 2.29. The number of benzene rings is 3. The summed E-state index contributed by atoms with van der Waals surface area (Å²) in [7, 11) is 0. The molecule has 6 nitrogen and oxygen atoms in total. The number of rotatable bonds is 4. The zero-order valence-electron chi connectivity index (χ0n) is 17.0. The minimum Gasteiger partial charge on any atom is -0.449 e. The Labute approximate surface area is 178 Å². The molecular weight excluding hydrogens is 394 g/mol. The van der Waals surface area contributed by atoms with Gasteiger partial charge in [0.15, 0.2) is 17.7 Å². The lowest BCUT2D eigenvalue weighted by Crippen LogP contribution is -2.30. The molecule has 154 valence electrons. The topological polar surface area (TPSA) is 89.5 Å². The summed E-state index contributed by atoms with van der Waals surface area (Å²) in [5, 5.41) is 2.64. The van der Waals surface area contributed by atoms with E-state index in [1.165, 1.54) is 19.1 Å². The van der Waals surface area contributed by atoms with Gasteiger partial charge in [-0.1, -0.05) is 42.5 Å². The van der Waals surface area contributed by atoms with Crippen LogP contribution < -0.4 is 5.32 Å². The van der Waals surface area contributed by atoms with Crippen LogP contribution in [0.15, 0.2) is 66.7 Å². The zero-order chi connectivity index (χ0) is 22.1. The molecule has 0 heterocycles. The molecule has 0 unspecified atom stereocenters. The van der Waals surface area contributed by atoms with Crippen LogP contribution in [0.1, 0.15) is 54.7 Å². The van der Waals surface area contributed by atoms with Crippen molar-refractivity contribution in [2.75, 3.05) is 5.32 Å². The van der Waals surface area contributed by atoms with E-state index in [0.29, 0.717) is 27.9 Å². The molecule has 0 aliphatic heterocycles. The summed E-state index contributed by atoms with van der Waals surface area (Å²) in [4.78, 5) is 50.4. The van der Waals surface area contributed by atoms with Crippen molar-refractivity contribution in [2.24, 2.45) is 0 Å². The zero-order valence-corrected chi connectivity index (χ0v) is 17.0. The normalized spacial score (nSPS) is 13.1. The van der Waals surface area contributed by atoms with Gasteiger partial charge >= 0.3 is 5.97 Å². The number of hydrogen-bond acceptors (Lipinski definition) is 5. The lowest BCUT2D eigenvalue weighted by atomic mass is 9.84. The van der Waals surface area contributed by atoms with Crippen LogP contribution in [-0.2, 0) is 9.53 Å². The fraction of sp³-hybridized carbons (Fsp3) is 0.120. The number of aryl methyl sites for hydroxylation is 1. The standard InChI is InChI=1S/C25H19NO5/c1-14-7-3-4-8-17(14)25(30)31-15(2)24(29)26-16-11-12-20-21(13-16)23(28)19-10-6-5-9-18(19)22(20)27/h3-13,15H,1-2H3,(H,26,29)/t15-/m1/s1. The molecule has 0 radical (unpaired) electrons. The van der Waals surface area contributed by atoms with E-state index in [9.17, 15) is 19.2 Å². The fourth-order valence-electron chi connectivity index (χ4n) is 3.50. The van der Waals surface area contributed by atoms with E-state index in [1.807, 2.05) is 6.07 Å². The Kier molecular flexibility index (Phi) is 5.21. The molecule has 1 aliphatic carbocycles. The first-order valence-electron chi connectivity index (χ1n) is 9.77. The maximum Gasteiger partial charge on any atom is 0.339 e. The van der Waals surface area contributed by atoms with E-state index in [4.69, 9.17) is 4.74 Å². The number of ether oxygens (including phenoxy) is 1. The van der Waals surface area contributed by atoms with Gasteiger partial charge in [0.2, 0.25) is 0 Å². The first-order valence-corrected chi connectivity index (χ1v) is 9.77. The summed E-state index contributed by atoms with van der Waals surface area (Å²) >= 11 is 0. The second-order valence-electron chi connectivity index (χ2n) is 7.32. The highest BCUT2D eigenvalue weighted by atomic mass is 16.5. The molecule has 1 N–H and O–H groups in total. The lowest BCUT2D eigenvalue weighted by molar-refractivity contribution is -0.123. The molecule has 3 aromatic carbocycles. The molecule has 0 bridgehead atoms. The van der Waals surface area contributed by atoms with Crippen molar-refractivity contribution in [3.05, 3.63) is 100 Å². The Morgan fingerprint density at radius 3 is 2.06 bits per heavy atom. The van der Waals surface area contributed by atoms with Gasteiger partial charge in [0.25, 0.3) is 5.91 Å². The number of carbonyl (C=O) groups excluding carboxylic acids is 4. The van der Waals surface area contributed by atoms with Gasteiger partial charge in [0.05, 0.1) is 5.56 Å². The SMILES string of the molecule is Cc1ccccc1C(=O)O[C@H](C)C(=O)Nc1ccc2c(c1)C(=O)c1ccccc1C2=O. The van der Waals surface area contributed by atoms with E-state index < -0.39 is 18.0 Å². The maximum absolute atomic E-state index is 12.8. The van der Waals surface area contributed by atoms with Gasteiger partial charge in [-0.3, -0.25) is 14.4 Å². The van der Waals surface area contributed by atoms with E-state index in [-0.39, 0.29) is 17.1 Å². The summed E-state index contributed by atoms with van der Waals surface area (Å²) in [6.45, 7) is 3.25. The van der Waals surface area contributed by atoms with Crippen LogP contribution in [0.3, 0.4) is 0 Å². The molecular formula is C25H19NO5. The molecule has 3 aromatic rings. The maximum atomic E-state index is 12.8. The summed E-state index contributed by atoms with van der Waals surface area (Å²) in [6, 6.07) is 18.1. The second kappa shape index (κ2) is 7.99. The molecule has 4 rings (SSSR count). The monoisotopic (exact) mass is 413 g/mol. The average molecular weight is 413 g/mol. The number of anilines is 1. The minimum atomic E-state index is -1.05. The number of ketones is 2. The lowest BCUT2D eigenvalue weighted by Gasteiger charge is -2.19. The number of carbonyl (C=O) groups is 4. The Morgan fingerprint density at radius 2 is 1.39 bits per heavy atom. The van der Waals surface area contributed by atoms with Crippen molar-refractivity contribution < 1.29 is 23.9 Å². The highest BCUT2D eigenvalue weighted by molar-refractivity contribution is 6.28. The number of nitrogens with one attached hydrogen (secondary N) is 1. The number of hydrogen-bond donors (Lipinski definition) is 1. The molecule has 31 heavy (non-hydrogen) atoms. The van der Waals surface area contributed by atoms with Crippen LogP contribution in [0, 0.1) is 6.92 Å². The molecule has 1 aliphatic rings. The largest absolute Gasteiger partial charge is 0.449 e. The molecule has 0 fully saturated rings. The predicted octanol–water partition coefficient (Wildman–Crippen LogP) is 3.95. The molecule has 0 spiro atoms. The summed E-state index contributed by atoms with van der Waals surface area (Å²) in [5.41, 5.74) is 2.70. The highest BCUT2D eigenvalue weighted by Gasteiger charge is 2.29. The van der Waals surface area contributed by atoms with Gasteiger partial charge in [0.1, 0.15) is 0 Å². The third-order valence-electron chi connectivity index (χ3n) is 5.21. The van der Waals surface area contributed by atoms with Gasteiger partial charge < -0.3 is 10.1 Å². The van der Waals surface area contributed by atoms with Crippen LogP contribution in [0.4, 0.5) is 5.69 Å². The summed E-state index contributed by atoms with van der Waals surface area (Å²) in [6.07, 6.45) is -1.05. The summed E-state index contributed by atoms with van der Waals surface area (Å²) in [5.74, 6) is -1.65. The van der Waals surface area contributed by atoms with Gasteiger partial charge in [-0.05, 0) is 43.7 Å². The van der Waals surface area contributed by atoms with Crippen molar-refractivity contribution in [3.63, 3.8) is 0 Å². The molecule has 0 aromatic heterocycles. The third-order valence-corrected chi connectivity index (χ3v) is 5.21. The molecule has 0 saturated carbocycles. The fourth-order valence-corrected chi connectivity index (χ4v) is 3.50. The first kappa shape index (κ1) is 20.2. The Balaban J connectivity index is 1.51. The Morgan fingerprint density at radius 1 is 0.806 bits per heavy atom. The van der Waals surface area contributed by atoms with E-state index in [2.05, 4.69) is 5.32 Å². The predicted molar refractivity (Wildman–Crippen MR) is 114 cm³/mol. The van der Waals surface area contributed by atoms with Gasteiger partial charge in [-0.15, -0.1) is 0 Å². The van der Waals surface area contributed by atoms with Gasteiger partial charge in [-0.25, -0.2) is 4.79 Å². The first-order chi connectivity index (χ1) is 14.9. The van der Waals surface area contributed by atoms with Crippen LogP contribution in [0.25, 0.3) is 0 Å². The average Bonchev–Trinajstić information content (AvgIpc) is 2.77. The number of amides is 1.